The fraction of sp³-hybridized carbons (Fsp3) is 0.143. The Kier molecular flexibility index (Phi) is 6.52. The SMILES string of the molecule is CCc1cc(/C=C/C#N)cc(CC)c1-c1cccc2c(N)nc(Nc3ccc(C#N)cc3)nc12. The molecule has 4 rings (SSSR count). The van der Waals surface area contributed by atoms with E-state index in [1.807, 2.05) is 30.3 Å². The second kappa shape index (κ2) is 9.85. The van der Waals surface area contributed by atoms with E-state index in [1.54, 1.807) is 12.1 Å². The quantitative estimate of drug-likeness (QED) is 0.345. The topological polar surface area (TPSA) is 111 Å². The molecule has 6 nitrogen and oxygen atoms in total. The minimum absolute atomic E-state index is 0.395. The number of allylic oxidation sites excluding steroid dienone is 1. The van der Waals surface area contributed by atoms with E-state index in [2.05, 4.69) is 54.5 Å². The molecule has 0 amide bonds. The summed E-state index contributed by atoms with van der Waals surface area (Å²) in [5.74, 6) is 0.791. The number of fused-ring (bicyclic) bond motifs is 1. The number of nitrogens with one attached hydrogen (secondary N) is 1. The Bertz CT molecular complexity index is 1450. The van der Waals surface area contributed by atoms with Gasteiger partial charge in [-0.2, -0.15) is 15.5 Å². The summed E-state index contributed by atoms with van der Waals surface area (Å²) in [5.41, 5.74) is 14.0. The van der Waals surface area contributed by atoms with Gasteiger partial charge >= 0.3 is 0 Å². The van der Waals surface area contributed by atoms with Gasteiger partial charge in [-0.15, -0.1) is 0 Å². The highest BCUT2D eigenvalue weighted by Crippen LogP contribution is 2.36. The molecule has 0 spiro atoms. The number of aromatic nitrogens is 2. The summed E-state index contributed by atoms with van der Waals surface area (Å²) in [4.78, 5) is 9.31. The van der Waals surface area contributed by atoms with Gasteiger partial charge in [-0.05, 0) is 71.5 Å². The number of aryl methyl sites for hydroxylation is 2. The van der Waals surface area contributed by atoms with Crippen molar-refractivity contribution in [3.8, 4) is 23.3 Å². The number of nitrogen functional groups attached to an aromatic ring is 1. The number of nitrogens with two attached hydrogens (primary N) is 1. The van der Waals surface area contributed by atoms with Crippen molar-refractivity contribution in [1.82, 2.24) is 9.97 Å². The van der Waals surface area contributed by atoms with E-state index in [-0.39, 0.29) is 0 Å². The molecule has 0 bridgehead atoms. The normalized spacial score (nSPS) is 10.8. The van der Waals surface area contributed by atoms with Crippen LogP contribution in [-0.2, 0) is 12.8 Å². The first kappa shape index (κ1) is 22.5. The van der Waals surface area contributed by atoms with Gasteiger partial charge in [-0.1, -0.05) is 38.1 Å². The molecule has 166 valence electrons. The van der Waals surface area contributed by atoms with Crippen molar-refractivity contribution in [2.75, 3.05) is 11.1 Å². The lowest BCUT2D eigenvalue weighted by molar-refractivity contribution is 1.09. The third-order valence-electron chi connectivity index (χ3n) is 5.73. The minimum Gasteiger partial charge on any atom is -0.383 e. The van der Waals surface area contributed by atoms with Gasteiger partial charge < -0.3 is 11.1 Å². The molecule has 1 heterocycles. The van der Waals surface area contributed by atoms with Crippen molar-refractivity contribution in [2.24, 2.45) is 0 Å². The third kappa shape index (κ3) is 4.44. The molecule has 4 aromatic rings. The highest BCUT2D eigenvalue weighted by atomic mass is 15.1. The summed E-state index contributed by atoms with van der Waals surface area (Å²) in [6.07, 6.45) is 5.01. The number of para-hydroxylation sites is 1. The lowest BCUT2D eigenvalue weighted by atomic mass is 9.88. The van der Waals surface area contributed by atoms with Crippen molar-refractivity contribution >= 4 is 34.4 Å². The van der Waals surface area contributed by atoms with Crippen LogP contribution in [0.1, 0.15) is 36.1 Å². The standard InChI is InChI=1S/C28H24N6/c1-3-20-15-19(7-6-14-29)16-21(4-2)25(20)23-8-5-9-24-26(23)33-28(34-27(24)31)32-22-12-10-18(17-30)11-13-22/h5-13,15-16H,3-4H2,1-2H3,(H3,31,32,33,34)/b7-6+. The van der Waals surface area contributed by atoms with Gasteiger partial charge in [0.1, 0.15) is 5.82 Å². The van der Waals surface area contributed by atoms with Crippen LogP contribution in [0.2, 0.25) is 0 Å². The van der Waals surface area contributed by atoms with E-state index in [0.29, 0.717) is 17.3 Å². The van der Waals surface area contributed by atoms with Crippen LogP contribution in [0.15, 0.2) is 60.7 Å². The maximum Gasteiger partial charge on any atom is 0.229 e. The number of hydrogen-bond donors (Lipinski definition) is 2. The van der Waals surface area contributed by atoms with Crippen LogP contribution in [0, 0.1) is 22.7 Å². The van der Waals surface area contributed by atoms with Gasteiger partial charge in [0.2, 0.25) is 5.95 Å². The first-order valence-corrected chi connectivity index (χ1v) is 11.1. The fourth-order valence-corrected chi connectivity index (χ4v) is 4.12. The molecule has 0 saturated carbocycles. The first-order valence-electron chi connectivity index (χ1n) is 11.1. The van der Waals surface area contributed by atoms with E-state index in [9.17, 15) is 0 Å². The Morgan fingerprint density at radius 2 is 1.68 bits per heavy atom. The van der Waals surface area contributed by atoms with Crippen molar-refractivity contribution < 1.29 is 0 Å². The Morgan fingerprint density at radius 1 is 0.971 bits per heavy atom. The Morgan fingerprint density at radius 3 is 2.29 bits per heavy atom. The largest absolute Gasteiger partial charge is 0.383 e. The second-order valence-corrected chi connectivity index (χ2v) is 7.83. The van der Waals surface area contributed by atoms with Gasteiger partial charge in [0.25, 0.3) is 0 Å². The first-order chi connectivity index (χ1) is 16.6. The zero-order valence-electron chi connectivity index (χ0n) is 19.1. The fourth-order valence-electron chi connectivity index (χ4n) is 4.12. The van der Waals surface area contributed by atoms with Crippen LogP contribution in [0.4, 0.5) is 17.5 Å². The summed E-state index contributed by atoms with van der Waals surface area (Å²) < 4.78 is 0. The molecule has 3 aromatic carbocycles. The predicted octanol–water partition coefficient (Wildman–Crippen LogP) is 6.16. The van der Waals surface area contributed by atoms with Crippen molar-refractivity contribution in [3.63, 3.8) is 0 Å². The smallest absolute Gasteiger partial charge is 0.229 e. The van der Waals surface area contributed by atoms with Crippen molar-refractivity contribution in [3.05, 3.63) is 82.9 Å². The summed E-state index contributed by atoms with van der Waals surface area (Å²) >= 11 is 0. The van der Waals surface area contributed by atoms with Crippen LogP contribution in [0.5, 0.6) is 0 Å². The number of anilines is 3. The van der Waals surface area contributed by atoms with Crippen LogP contribution in [0.25, 0.3) is 28.1 Å². The molecule has 0 unspecified atom stereocenters. The van der Waals surface area contributed by atoms with Gasteiger partial charge in [0.05, 0.1) is 23.2 Å². The zero-order chi connectivity index (χ0) is 24.1. The third-order valence-corrected chi connectivity index (χ3v) is 5.73. The number of benzene rings is 3. The molecule has 0 aliphatic rings. The molecule has 34 heavy (non-hydrogen) atoms. The molecule has 0 atom stereocenters. The van der Waals surface area contributed by atoms with Crippen LogP contribution < -0.4 is 11.1 Å². The average Bonchev–Trinajstić information content (AvgIpc) is 2.87. The number of hydrogen-bond acceptors (Lipinski definition) is 6. The van der Waals surface area contributed by atoms with Crippen LogP contribution in [0.3, 0.4) is 0 Å². The van der Waals surface area contributed by atoms with Gasteiger partial charge in [0, 0.05) is 22.7 Å². The number of rotatable bonds is 6. The summed E-state index contributed by atoms with van der Waals surface area (Å²) in [6, 6.07) is 21.5. The number of nitrogens with zero attached hydrogens (tertiary/aromatic N) is 4. The summed E-state index contributed by atoms with van der Waals surface area (Å²) in [6.45, 7) is 4.25. The van der Waals surface area contributed by atoms with Crippen molar-refractivity contribution in [2.45, 2.75) is 26.7 Å². The Balaban J connectivity index is 1.89. The molecule has 3 N–H and O–H groups in total. The second-order valence-electron chi connectivity index (χ2n) is 7.83. The van der Waals surface area contributed by atoms with Crippen LogP contribution in [-0.4, -0.2) is 9.97 Å². The molecule has 0 aliphatic carbocycles. The van der Waals surface area contributed by atoms with E-state index in [4.69, 9.17) is 21.2 Å². The molecule has 0 saturated heterocycles. The molecule has 0 aliphatic heterocycles. The molecule has 0 fully saturated rings. The Labute approximate surface area is 199 Å². The van der Waals surface area contributed by atoms with E-state index in [1.165, 1.54) is 17.2 Å². The van der Waals surface area contributed by atoms with E-state index < -0.39 is 0 Å². The maximum atomic E-state index is 9.03. The number of nitriles is 2. The lowest BCUT2D eigenvalue weighted by Gasteiger charge is -2.17. The average molecular weight is 445 g/mol. The monoisotopic (exact) mass is 444 g/mol. The summed E-state index contributed by atoms with van der Waals surface area (Å²) in [7, 11) is 0. The highest BCUT2D eigenvalue weighted by molar-refractivity contribution is 6.00. The van der Waals surface area contributed by atoms with Gasteiger partial charge in [-0.25, -0.2) is 4.98 Å². The molecular formula is C28H24N6. The predicted molar refractivity (Wildman–Crippen MR) is 137 cm³/mol. The summed E-state index contributed by atoms with van der Waals surface area (Å²) in [5, 5.41) is 22.0. The van der Waals surface area contributed by atoms with Crippen LogP contribution >= 0.6 is 0 Å². The van der Waals surface area contributed by atoms with E-state index in [0.717, 1.165) is 46.1 Å². The Hall–Kier alpha value is -4.68. The molecular weight excluding hydrogens is 420 g/mol. The molecule has 6 heteroatoms. The van der Waals surface area contributed by atoms with Gasteiger partial charge in [0.15, 0.2) is 0 Å². The zero-order valence-corrected chi connectivity index (χ0v) is 19.1. The maximum absolute atomic E-state index is 9.03. The highest BCUT2D eigenvalue weighted by Gasteiger charge is 2.16. The van der Waals surface area contributed by atoms with Crippen molar-refractivity contribution in [1.29, 1.82) is 10.5 Å². The van der Waals surface area contributed by atoms with E-state index >= 15 is 0 Å². The molecule has 1 aromatic heterocycles. The minimum atomic E-state index is 0.395. The van der Waals surface area contributed by atoms with Gasteiger partial charge in [-0.3, -0.25) is 0 Å². The lowest BCUT2D eigenvalue weighted by Crippen LogP contribution is -2.03. The molecule has 0 radical (unpaired) electrons.